The van der Waals surface area contributed by atoms with Crippen molar-refractivity contribution in [1.29, 1.82) is 0 Å². The predicted octanol–water partition coefficient (Wildman–Crippen LogP) is 2.55. The fraction of sp³-hybridized carbons (Fsp3) is 0.733. The molecule has 0 amide bonds. The average Bonchev–Trinajstić information content (AvgIpc) is 3.09. The molecule has 1 aliphatic rings. The van der Waals surface area contributed by atoms with Gasteiger partial charge in [0, 0.05) is 24.0 Å². The first-order valence-electron chi connectivity index (χ1n) is 7.44. The second-order valence-electron chi connectivity index (χ2n) is 5.56. The van der Waals surface area contributed by atoms with Gasteiger partial charge in [0.05, 0.1) is 6.04 Å². The number of hydrogen-bond donors (Lipinski definition) is 1. The molecule has 1 saturated heterocycles. The molecule has 0 saturated carbocycles. The van der Waals surface area contributed by atoms with Gasteiger partial charge < -0.3 is 10.6 Å². The fourth-order valence-corrected chi connectivity index (χ4v) is 3.85. The minimum Gasteiger partial charge on any atom is -0.326 e. The molecule has 1 aromatic heterocycles. The van der Waals surface area contributed by atoms with Crippen molar-refractivity contribution in [3.05, 3.63) is 22.4 Å². The number of hydrogen-bond acceptors (Lipinski definition) is 4. The lowest BCUT2D eigenvalue weighted by Gasteiger charge is -2.32. The lowest BCUT2D eigenvalue weighted by molar-refractivity contribution is 0.184. The van der Waals surface area contributed by atoms with E-state index in [1.807, 2.05) is 11.3 Å². The van der Waals surface area contributed by atoms with Gasteiger partial charge in [0.1, 0.15) is 0 Å². The minimum atomic E-state index is 0.224. The summed E-state index contributed by atoms with van der Waals surface area (Å²) < 4.78 is 0. The van der Waals surface area contributed by atoms with Crippen LogP contribution in [0.4, 0.5) is 0 Å². The van der Waals surface area contributed by atoms with E-state index in [2.05, 4.69) is 41.3 Å². The van der Waals surface area contributed by atoms with Crippen LogP contribution in [0.1, 0.15) is 37.1 Å². The second-order valence-corrected chi connectivity index (χ2v) is 6.54. The van der Waals surface area contributed by atoms with Gasteiger partial charge in [-0.3, -0.25) is 4.90 Å². The Morgan fingerprint density at radius 2 is 2.16 bits per heavy atom. The highest BCUT2D eigenvalue weighted by atomic mass is 32.1. The van der Waals surface area contributed by atoms with E-state index < -0.39 is 0 Å². The zero-order chi connectivity index (χ0) is 13.7. The van der Waals surface area contributed by atoms with Crippen LogP contribution in [-0.4, -0.2) is 49.1 Å². The molecule has 2 rings (SSSR count). The maximum atomic E-state index is 6.34. The highest BCUT2D eigenvalue weighted by Crippen LogP contribution is 2.27. The highest BCUT2D eigenvalue weighted by Gasteiger charge is 2.24. The normalized spacial score (nSPS) is 20.0. The molecular weight excluding hydrogens is 254 g/mol. The molecule has 4 heteroatoms. The summed E-state index contributed by atoms with van der Waals surface area (Å²) in [5, 5.41) is 2.15. The summed E-state index contributed by atoms with van der Waals surface area (Å²) >= 11 is 1.83. The first kappa shape index (κ1) is 15.0. The van der Waals surface area contributed by atoms with Crippen LogP contribution in [-0.2, 0) is 0 Å². The van der Waals surface area contributed by atoms with Gasteiger partial charge in [-0.1, -0.05) is 13.0 Å². The van der Waals surface area contributed by atoms with Gasteiger partial charge in [-0.2, -0.15) is 0 Å². The Bertz CT molecular complexity index is 346. The molecule has 0 aliphatic carbocycles. The maximum Gasteiger partial charge on any atom is 0.0591 e. The van der Waals surface area contributed by atoms with Gasteiger partial charge in [-0.25, -0.2) is 0 Å². The van der Waals surface area contributed by atoms with E-state index in [1.165, 1.54) is 37.4 Å². The van der Waals surface area contributed by atoms with E-state index in [1.54, 1.807) is 0 Å². The molecule has 0 spiro atoms. The van der Waals surface area contributed by atoms with Gasteiger partial charge in [0.2, 0.25) is 0 Å². The third-order valence-electron chi connectivity index (χ3n) is 4.15. The largest absolute Gasteiger partial charge is 0.326 e. The monoisotopic (exact) mass is 281 g/mol. The van der Waals surface area contributed by atoms with Gasteiger partial charge in [-0.15, -0.1) is 11.3 Å². The van der Waals surface area contributed by atoms with Crippen LogP contribution in [0.5, 0.6) is 0 Å². The zero-order valence-electron chi connectivity index (χ0n) is 12.2. The summed E-state index contributed by atoms with van der Waals surface area (Å²) in [6, 6.07) is 4.94. The smallest absolute Gasteiger partial charge is 0.0591 e. The topological polar surface area (TPSA) is 32.5 Å². The molecule has 0 radical (unpaired) electrons. The van der Waals surface area contributed by atoms with Crippen LogP contribution >= 0.6 is 11.3 Å². The Hall–Kier alpha value is -0.420. The van der Waals surface area contributed by atoms with Gasteiger partial charge >= 0.3 is 0 Å². The lowest BCUT2D eigenvalue weighted by atomic mass is 10.0. The van der Waals surface area contributed by atoms with E-state index in [4.69, 9.17) is 5.73 Å². The first-order chi connectivity index (χ1) is 9.22. The van der Waals surface area contributed by atoms with E-state index >= 15 is 0 Å². The molecule has 19 heavy (non-hydrogen) atoms. The summed E-state index contributed by atoms with van der Waals surface area (Å²) in [5.74, 6) is 0. The molecular formula is C15H27N3S. The van der Waals surface area contributed by atoms with Crippen LogP contribution in [0.25, 0.3) is 0 Å². The van der Waals surface area contributed by atoms with E-state index in [0.717, 1.165) is 13.0 Å². The van der Waals surface area contributed by atoms with Gasteiger partial charge in [0.25, 0.3) is 0 Å². The van der Waals surface area contributed by atoms with Crippen molar-refractivity contribution in [2.24, 2.45) is 5.73 Å². The quantitative estimate of drug-likeness (QED) is 0.833. The van der Waals surface area contributed by atoms with Crippen LogP contribution in [0.2, 0.25) is 0 Å². The number of likely N-dealkylation sites (tertiary alicyclic amines) is 1. The minimum absolute atomic E-state index is 0.224. The van der Waals surface area contributed by atoms with Crippen molar-refractivity contribution < 1.29 is 0 Å². The lowest BCUT2D eigenvalue weighted by Crippen LogP contribution is -2.41. The van der Waals surface area contributed by atoms with Crippen molar-refractivity contribution in [2.75, 3.05) is 33.2 Å². The summed E-state index contributed by atoms with van der Waals surface area (Å²) in [6.45, 7) is 7.01. The summed E-state index contributed by atoms with van der Waals surface area (Å²) in [5.41, 5.74) is 6.34. The van der Waals surface area contributed by atoms with Crippen molar-refractivity contribution in [3.8, 4) is 0 Å². The zero-order valence-corrected chi connectivity index (χ0v) is 13.0. The molecule has 1 aromatic rings. The Labute approximate surface area is 121 Å². The maximum absolute atomic E-state index is 6.34. The first-order valence-corrected chi connectivity index (χ1v) is 8.32. The van der Waals surface area contributed by atoms with Crippen molar-refractivity contribution >= 4 is 11.3 Å². The van der Waals surface area contributed by atoms with Gasteiger partial charge in [0.15, 0.2) is 0 Å². The average molecular weight is 281 g/mol. The van der Waals surface area contributed by atoms with Crippen LogP contribution < -0.4 is 5.73 Å². The number of nitrogens with zero attached hydrogens (tertiary/aromatic N) is 2. The van der Waals surface area contributed by atoms with Crippen molar-refractivity contribution in [2.45, 2.75) is 38.3 Å². The molecule has 2 unspecified atom stereocenters. The molecule has 2 heterocycles. The molecule has 1 fully saturated rings. The predicted molar refractivity (Wildman–Crippen MR) is 83.6 cm³/mol. The fourth-order valence-electron chi connectivity index (χ4n) is 2.88. The highest BCUT2D eigenvalue weighted by molar-refractivity contribution is 7.10. The molecule has 3 nitrogen and oxygen atoms in total. The molecule has 1 aliphatic heterocycles. The van der Waals surface area contributed by atoms with Crippen molar-refractivity contribution in [3.63, 3.8) is 0 Å². The van der Waals surface area contributed by atoms with Crippen LogP contribution in [0, 0.1) is 0 Å². The Morgan fingerprint density at radius 1 is 1.42 bits per heavy atom. The molecule has 2 N–H and O–H groups in total. The number of thiophene rings is 1. The standard InChI is InChI=1S/C15H27N3S/c1-3-13(16)15(14-7-6-12-19-14)17(2)10-11-18-8-4-5-9-18/h6-7,12-13,15H,3-5,8-11,16H2,1-2H3. The van der Waals surface area contributed by atoms with Gasteiger partial charge in [-0.05, 0) is 50.8 Å². The molecule has 0 aromatic carbocycles. The third-order valence-corrected chi connectivity index (χ3v) is 5.10. The SMILES string of the molecule is CCC(N)C(c1cccs1)N(C)CCN1CCCC1. The van der Waals surface area contributed by atoms with E-state index in [-0.39, 0.29) is 6.04 Å². The summed E-state index contributed by atoms with van der Waals surface area (Å²) in [7, 11) is 2.22. The summed E-state index contributed by atoms with van der Waals surface area (Å²) in [6.07, 6.45) is 3.76. The van der Waals surface area contributed by atoms with E-state index in [0.29, 0.717) is 6.04 Å². The van der Waals surface area contributed by atoms with Crippen molar-refractivity contribution in [1.82, 2.24) is 9.80 Å². The number of rotatable bonds is 7. The van der Waals surface area contributed by atoms with E-state index in [9.17, 15) is 0 Å². The molecule has 2 atom stereocenters. The number of nitrogens with two attached hydrogens (primary N) is 1. The molecule has 0 bridgehead atoms. The summed E-state index contributed by atoms with van der Waals surface area (Å²) in [4.78, 5) is 6.41. The van der Waals surface area contributed by atoms with Crippen LogP contribution in [0.15, 0.2) is 17.5 Å². The second kappa shape index (κ2) is 7.39. The van der Waals surface area contributed by atoms with Crippen LogP contribution in [0.3, 0.4) is 0 Å². The molecule has 108 valence electrons. The Morgan fingerprint density at radius 3 is 2.74 bits per heavy atom. The number of likely N-dealkylation sites (N-methyl/N-ethyl adjacent to an activating group) is 1. The third kappa shape index (κ3) is 4.02. The Balaban J connectivity index is 1.93. The Kier molecular flexibility index (Phi) is 5.82.